The predicted molar refractivity (Wildman–Crippen MR) is 117 cm³/mol. The molecule has 4 rings (SSSR count). The molecule has 0 saturated heterocycles. The number of carbonyl (C=O) groups excluding carboxylic acids is 2. The van der Waals surface area contributed by atoms with E-state index in [1.807, 2.05) is 36.4 Å². The fraction of sp³-hybridized carbons (Fsp3) is 0.480. The Bertz CT molecular complexity index is 904. The summed E-state index contributed by atoms with van der Waals surface area (Å²) in [7, 11) is 0. The molecule has 1 fully saturated rings. The summed E-state index contributed by atoms with van der Waals surface area (Å²) in [5.74, 6) is 0.104. The Balaban J connectivity index is 1.74. The van der Waals surface area contributed by atoms with Gasteiger partial charge in [-0.25, -0.2) is 0 Å². The molecule has 2 heterocycles. The fourth-order valence-electron chi connectivity index (χ4n) is 5.27. The largest absolute Gasteiger partial charge is 0.351 e. The summed E-state index contributed by atoms with van der Waals surface area (Å²) in [6, 6.07) is 11.5. The van der Waals surface area contributed by atoms with Gasteiger partial charge in [0, 0.05) is 31.0 Å². The van der Waals surface area contributed by atoms with Gasteiger partial charge in [-0.05, 0) is 48.1 Å². The molecule has 1 saturated carbocycles. The average Bonchev–Trinajstić information content (AvgIpc) is 2.77. The third-order valence-corrected chi connectivity index (χ3v) is 6.57. The van der Waals surface area contributed by atoms with Gasteiger partial charge in [-0.15, -0.1) is 0 Å². The van der Waals surface area contributed by atoms with Crippen LogP contribution in [0.3, 0.4) is 0 Å². The lowest BCUT2D eigenvalue weighted by molar-refractivity contribution is -0.127. The van der Waals surface area contributed by atoms with Crippen molar-refractivity contribution in [2.45, 2.75) is 64.0 Å². The quantitative estimate of drug-likeness (QED) is 0.807. The van der Waals surface area contributed by atoms with E-state index in [4.69, 9.17) is 0 Å². The molecule has 1 atom stereocenters. The van der Waals surface area contributed by atoms with E-state index in [0.717, 1.165) is 36.8 Å². The lowest BCUT2D eigenvalue weighted by atomic mass is 9.65. The van der Waals surface area contributed by atoms with Crippen LogP contribution in [0.5, 0.6) is 0 Å². The van der Waals surface area contributed by atoms with Crippen molar-refractivity contribution in [3.63, 3.8) is 0 Å². The molecule has 1 aliphatic heterocycles. The highest BCUT2D eigenvalue weighted by Gasteiger charge is 2.54. The monoisotopic (exact) mass is 405 g/mol. The van der Waals surface area contributed by atoms with Gasteiger partial charge in [0.1, 0.15) is 0 Å². The minimum Gasteiger partial charge on any atom is -0.351 e. The molecule has 5 nitrogen and oxygen atoms in total. The topological polar surface area (TPSA) is 62.3 Å². The number of rotatable bonds is 5. The maximum atomic E-state index is 13.7. The van der Waals surface area contributed by atoms with Gasteiger partial charge < -0.3 is 10.2 Å². The van der Waals surface area contributed by atoms with Crippen molar-refractivity contribution in [2.24, 2.45) is 5.92 Å². The minimum absolute atomic E-state index is 0.0161. The molecule has 158 valence electrons. The van der Waals surface area contributed by atoms with Crippen LogP contribution >= 0.6 is 0 Å². The van der Waals surface area contributed by atoms with E-state index >= 15 is 0 Å². The number of pyridine rings is 1. The first-order valence-corrected chi connectivity index (χ1v) is 11.1. The molecule has 0 unspecified atom stereocenters. The van der Waals surface area contributed by atoms with E-state index < -0.39 is 5.54 Å². The molecule has 1 aromatic carbocycles. The van der Waals surface area contributed by atoms with Crippen LogP contribution in [0, 0.1) is 5.92 Å². The number of carbonyl (C=O) groups is 2. The summed E-state index contributed by atoms with van der Waals surface area (Å²) in [5.41, 5.74) is 2.15. The lowest BCUT2D eigenvalue weighted by Crippen LogP contribution is -2.63. The van der Waals surface area contributed by atoms with Gasteiger partial charge in [0.15, 0.2) is 0 Å². The summed E-state index contributed by atoms with van der Waals surface area (Å²) in [6.45, 7) is 5.43. The molecular weight excluding hydrogens is 374 g/mol. The van der Waals surface area contributed by atoms with Crippen molar-refractivity contribution in [3.8, 4) is 0 Å². The molecular formula is C25H31N3O2. The molecule has 5 heteroatoms. The second kappa shape index (κ2) is 8.58. The zero-order chi connectivity index (χ0) is 21.1. The smallest absolute Gasteiger partial charge is 0.254 e. The number of hydrogen-bond donors (Lipinski definition) is 1. The number of nitrogens with one attached hydrogen (secondary N) is 1. The number of fused-ring (bicyclic) bond motifs is 1. The molecule has 1 N–H and O–H groups in total. The van der Waals surface area contributed by atoms with Gasteiger partial charge in [-0.3, -0.25) is 14.6 Å². The van der Waals surface area contributed by atoms with Gasteiger partial charge in [-0.2, -0.15) is 0 Å². The van der Waals surface area contributed by atoms with E-state index in [-0.39, 0.29) is 17.7 Å². The van der Waals surface area contributed by atoms with Crippen molar-refractivity contribution in [1.29, 1.82) is 0 Å². The van der Waals surface area contributed by atoms with Crippen LogP contribution in [-0.2, 0) is 11.3 Å². The lowest BCUT2D eigenvalue weighted by Gasteiger charge is -2.54. The minimum atomic E-state index is -0.434. The maximum Gasteiger partial charge on any atom is 0.254 e. The SMILES string of the molecule is CC(C)CN1C(=O)c2ccccc2[C@@H](C(=O)NCc2ccncc2)C12CCCCC2. The van der Waals surface area contributed by atoms with Crippen LogP contribution in [0.25, 0.3) is 0 Å². The van der Waals surface area contributed by atoms with Crippen LogP contribution in [0.2, 0.25) is 0 Å². The molecule has 2 amide bonds. The van der Waals surface area contributed by atoms with E-state index in [1.165, 1.54) is 6.42 Å². The van der Waals surface area contributed by atoms with Crippen LogP contribution in [0.1, 0.15) is 73.4 Å². The zero-order valence-electron chi connectivity index (χ0n) is 17.9. The Labute approximate surface area is 178 Å². The van der Waals surface area contributed by atoms with E-state index in [1.54, 1.807) is 12.4 Å². The normalized spacial score (nSPS) is 20.3. The summed E-state index contributed by atoms with van der Waals surface area (Å²) in [5, 5.41) is 3.17. The van der Waals surface area contributed by atoms with Crippen molar-refractivity contribution < 1.29 is 9.59 Å². The van der Waals surface area contributed by atoms with Gasteiger partial charge in [0.2, 0.25) is 5.91 Å². The molecule has 1 aliphatic carbocycles. The predicted octanol–water partition coefficient (Wildman–Crippen LogP) is 4.30. The first-order valence-electron chi connectivity index (χ1n) is 11.1. The Morgan fingerprint density at radius 3 is 2.53 bits per heavy atom. The average molecular weight is 406 g/mol. The highest BCUT2D eigenvalue weighted by molar-refractivity contribution is 6.02. The van der Waals surface area contributed by atoms with Crippen LogP contribution < -0.4 is 5.32 Å². The molecule has 2 aliphatic rings. The summed E-state index contributed by atoms with van der Waals surface area (Å²) < 4.78 is 0. The molecule has 0 radical (unpaired) electrons. The van der Waals surface area contributed by atoms with Gasteiger partial charge in [0.25, 0.3) is 5.91 Å². The molecule has 0 bridgehead atoms. The first kappa shape index (κ1) is 20.6. The second-order valence-corrected chi connectivity index (χ2v) is 9.07. The van der Waals surface area contributed by atoms with E-state index in [9.17, 15) is 9.59 Å². The van der Waals surface area contributed by atoms with Crippen molar-refractivity contribution in [3.05, 3.63) is 65.5 Å². The van der Waals surface area contributed by atoms with Gasteiger partial charge in [0.05, 0.1) is 11.5 Å². The summed E-state index contributed by atoms with van der Waals surface area (Å²) in [4.78, 5) is 33.3. The number of aromatic nitrogens is 1. The molecule has 1 spiro atoms. The summed E-state index contributed by atoms with van der Waals surface area (Å²) >= 11 is 0. The highest BCUT2D eigenvalue weighted by atomic mass is 16.2. The fourth-order valence-corrected chi connectivity index (χ4v) is 5.27. The second-order valence-electron chi connectivity index (χ2n) is 9.07. The first-order chi connectivity index (χ1) is 14.5. The van der Waals surface area contributed by atoms with E-state index in [0.29, 0.717) is 24.6 Å². The summed E-state index contributed by atoms with van der Waals surface area (Å²) in [6.07, 6.45) is 8.52. The highest BCUT2D eigenvalue weighted by Crippen LogP contribution is 2.49. The standard InChI is InChI=1S/C25H31N3O2/c1-18(2)17-28-24(30)21-9-5-4-8-20(21)22(25(28)12-6-3-7-13-25)23(29)27-16-19-10-14-26-15-11-19/h4-5,8-11,14-15,18,22H,3,6-7,12-13,16-17H2,1-2H3,(H,27,29)/t22-/m0/s1. The van der Waals surface area contributed by atoms with Gasteiger partial charge in [-0.1, -0.05) is 51.3 Å². The number of nitrogens with zero attached hydrogens (tertiary/aromatic N) is 2. The van der Waals surface area contributed by atoms with Crippen LogP contribution in [0.4, 0.5) is 0 Å². The molecule has 1 aromatic heterocycles. The Morgan fingerprint density at radius 2 is 1.83 bits per heavy atom. The van der Waals surface area contributed by atoms with Crippen LogP contribution in [-0.4, -0.2) is 33.8 Å². The Kier molecular flexibility index (Phi) is 5.89. The van der Waals surface area contributed by atoms with Crippen LogP contribution in [0.15, 0.2) is 48.8 Å². The van der Waals surface area contributed by atoms with Gasteiger partial charge >= 0.3 is 0 Å². The van der Waals surface area contributed by atoms with Crippen molar-refractivity contribution in [1.82, 2.24) is 15.2 Å². The third-order valence-electron chi connectivity index (χ3n) is 6.57. The Morgan fingerprint density at radius 1 is 1.13 bits per heavy atom. The third kappa shape index (κ3) is 3.73. The Hall–Kier alpha value is -2.69. The van der Waals surface area contributed by atoms with Crippen molar-refractivity contribution >= 4 is 11.8 Å². The van der Waals surface area contributed by atoms with E-state index in [2.05, 4.69) is 29.0 Å². The number of amides is 2. The molecule has 2 aromatic rings. The number of hydrogen-bond acceptors (Lipinski definition) is 3. The molecule has 30 heavy (non-hydrogen) atoms. The number of benzene rings is 1. The maximum absolute atomic E-state index is 13.7. The zero-order valence-corrected chi connectivity index (χ0v) is 17.9. The van der Waals surface area contributed by atoms with Crippen molar-refractivity contribution in [2.75, 3.05) is 6.54 Å².